The van der Waals surface area contributed by atoms with Gasteiger partial charge in [-0.15, -0.1) is 0 Å². The van der Waals surface area contributed by atoms with Crippen molar-refractivity contribution in [1.29, 1.82) is 0 Å². The zero-order chi connectivity index (χ0) is 26.4. The van der Waals surface area contributed by atoms with Gasteiger partial charge in [0, 0.05) is 22.7 Å². The molecule has 0 aliphatic carbocycles. The van der Waals surface area contributed by atoms with Gasteiger partial charge in [-0.3, -0.25) is 9.59 Å². The molecule has 8 heteroatoms. The van der Waals surface area contributed by atoms with Gasteiger partial charge in [-0.05, 0) is 67.4 Å². The minimum absolute atomic E-state index is 0.101. The van der Waals surface area contributed by atoms with E-state index in [4.69, 9.17) is 21.4 Å². The average molecular weight is 517 g/mol. The van der Waals surface area contributed by atoms with Crippen molar-refractivity contribution in [3.63, 3.8) is 0 Å². The number of anilines is 1. The average Bonchev–Trinajstić information content (AvgIpc) is 3.24. The number of rotatable bonds is 9. The third kappa shape index (κ3) is 6.01. The summed E-state index contributed by atoms with van der Waals surface area (Å²) in [6.45, 7) is 4.22. The number of methoxy groups -OCH3 is 1. The molecule has 0 aliphatic heterocycles. The highest BCUT2D eigenvalue weighted by Crippen LogP contribution is 2.33. The molecular weight excluding hydrogens is 488 g/mol. The molecule has 1 N–H and O–H groups in total. The molecule has 0 saturated heterocycles. The van der Waals surface area contributed by atoms with Crippen molar-refractivity contribution in [2.24, 2.45) is 0 Å². The minimum atomic E-state index is -0.317. The van der Waals surface area contributed by atoms with Gasteiger partial charge in [0.15, 0.2) is 0 Å². The predicted octanol–water partition coefficient (Wildman–Crippen LogP) is 6.00. The van der Waals surface area contributed by atoms with Crippen molar-refractivity contribution in [3.05, 3.63) is 95.1 Å². The number of hydrogen-bond donors (Lipinski definition) is 1. The Morgan fingerprint density at radius 3 is 2.30 bits per heavy atom. The second-order valence-electron chi connectivity index (χ2n) is 8.57. The molecule has 4 rings (SSSR count). The highest BCUT2D eigenvalue weighted by atomic mass is 35.5. The van der Waals surface area contributed by atoms with Crippen molar-refractivity contribution < 1.29 is 14.3 Å². The monoisotopic (exact) mass is 516 g/mol. The van der Waals surface area contributed by atoms with Crippen LogP contribution in [0.2, 0.25) is 5.02 Å². The molecule has 0 atom stereocenters. The van der Waals surface area contributed by atoms with Gasteiger partial charge in [0.25, 0.3) is 5.91 Å². The number of aryl methyl sites for hydroxylation is 1. The molecule has 3 aromatic carbocycles. The summed E-state index contributed by atoms with van der Waals surface area (Å²) in [5.41, 5.74) is 3.76. The highest BCUT2D eigenvalue weighted by molar-refractivity contribution is 6.30. The Bertz CT molecular complexity index is 1370. The standard InChI is InChI=1S/C29H29ClN4O3/c1-4-18-33(29(36)22-10-12-23(30)13-11-22)19-26(35)31-28-27(21-8-6-5-7-9-21)20(2)32-34(28)24-14-16-25(37-3)17-15-24/h5-17H,4,18-19H2,1-3H3,(H,31,35). The topological polar surface area (TPSA) is 76.5 Å². The van der Waals surface area contributed by atoms with Crippen molar-refractivity contribution in [3.8, 4) is 22.6 Å². The summed E-state index contributed by atoms with van der Waals surface area (Å²) in [5, 5.41) is 8.33. The number of amides is 2. The number of ether oxygens (including phenoxy) is 1. The second kappa shape index (κ2) is 11.8. The predicted molar refractivity (Wildman–Crippen MR) is 147 cm³/mol. The maximum absolute atomic E-state index is 13.4. The summed E-state index contributed by atoms with van der Waals surface area (Å²) >= 11 is 5.98. The Labute approximate surface area is 221 Å². The number of aromatic nitrogens is 2. The van der Waals surface area contributed by atoms with E-state index in [-0.39, 0.29) is 18.4 Å². The zero-order valence-corrected chi connectivity index (χ0v) is 21.8. The Morgan fingerprint density at radius 2 is 1.68 bits per heavy atom. The Morgan fingerprint density at radius 1 is 1.00 bits per heavy atom. The van der Waals surface area contributed by atoms with Crippen molar-refractivity contribution in [1.82, 2.24) is 14.7 Å². The lowest BCUT2D eigenvalue weighted by Gasteiger charge is -2.22. The summed E-state index contributed by atoms with van der Waals surface area (Å²) in [7, 11) is 1.61. The fourth-order valence-corrected chi connectivity index (χ4v) is 4.27. The van der Waals surface area contributed by atoms with Gasteiger partial charge in [0.05, 0.1) is 18.5 Å². The maximum Gasteiger partial charge on any atom is 0.254 e. The molecule has 0 spiro atoms. The van der Waals surface area contributed by atoms with Gasteiger partial charge < -0.3 is 15.0 Å². The van der Waals surface area contributed by atoms with E-state index < -0.39 is 0 Å². The third-order valence-corrected chi connectivity index (χ3v) is 6.16. The van der Waals surface area contributed by atoms with E-state index in [1.54, 1.807) is 41.0 Å². The van der Waals surface area contributed by atoms with E-state index >= 15 is 0 Å². The molecule has 0 fully saturated rings. The maximum atomic E-state index is 13.4. The number of benzene rings is 3. The summed E-state index contributed by atoms with van der Waals surface area (Å²) in [4.78, 5) is 28.1. The first-order valence-corrected chi connectivity index (χ1v) is 12.4. The Kier molecular flexibility index (Phi) is 8.25. The lowest BCUT2D eigenvalue weighted by molar-refractivity contribution is -0.116. The van der Waals surface area contributed by atoms with E-state index in [1.807, 2.05) is 68.4 Å². The summed E-state index contributed by atoms with van der Waals surface area (Å²) in [5.74, 6) is 0.714. The minimum Gasteiger partial charge on any atom is -0.497 e. The lowest BCUT2D eigenvalue weighted by Crippen LogP contribution is -2.38. The van der Waals surface area contributed by atoms with Crippen LogP contribution in [0.1, 0.15) is 29.4 Å². The quantitative estimate of drug-likeness (QED) is 0.296. The number of hydrogen-bond acceptors (Lipinski definition) is 4. The molecule has 4 aromatic rings. The van der Waals surface area contributed by atoms with Crippen LogP contribution in [0.3, 0.4) is 0 Å². The second-order valence-corrected chi connectivity index (χ2v) is 9.00. The molecule has 190 valence electrons. The molecule has 1 aromatic heterocycles. The molecule has 0 aliphatic rings. The molecular formula is C29H29ClN4O3. The van der Waals surface area contributed by atoms with Crippen LogP contribution >= 0.6 is 11.6 Å². The van der Waals surface area contributed by atoms with E-state index in [1.165, 1.54) is 0 Å². The van der Waals surface area contributed by atoms with Gasteiger partial charge in [-0.1, -0.05) is 48.9 Å². The Hall–Kier alpha value is -4.10. The smallest absolute Gasteiger partial charge is 0.254 e. The van der Waals surface area contributed by atoms with Gasteiger partial charge in [0.1, 0.15) is 18.1 Å². The first-order chi connectivity index (χ1) is 17.9. The third-order valence-electron chi connectivity index (χ3n) is 5.90. The fraction of sp³-hybridized carbons (Fsp3) is 0.207. The van der Waals surface area contributed by atoms with Gasteiger partial charge in [-0.25, -0.2) is 4.68 Å². The van der Waals surface area contributed by atoms with Crippen LogP contribution < -0.4 is 10.1 Å². The van der Waals surface area contributed by atoms with Crippen molar-refractivity contribution >= 4 is 29.2 Å². The van der Waals surface area contributed by atoms with E-state index in [0.717, 1.165) is 28.3 Å². The van der Waals surface area contributed by atoms with Crippen LogP contribution in [0.25, 0.3) is 16.8 Å². The number of carbonyl (C=O) groups excluding carboxylic acids is 2. The van der Waals surface area contributed by atoms with E-state index in [2.05, 4.69) is 5.32 Å². The number of halogens is 1. The molecule has 1 heterocycles. The summed E-state index contributed by atoms with van der Waals surface area (Å²) < 4.78 is 6.99. The largest absolute Gasteiger partial charge is 0.497 e. The number of nitrogens with one attached hydrogen (secondary N) is 1. The molecule has 7 nitrogen and oxygen atoms in total. The van der Waals surface area contributed by atoms with Gasteiger partial charge in [0.2, 0.25) is 5.91 Å². The van der Waals surface area contributed by atoms with Crippen molar-refractivity contribution in [2.75, 3.05) is 25.5 Å². The molecule has 0 radical (unpaired) electrons. The van der Waals surface area contributed by atoms with Gasteiger partial charge >= 0.3 is 0 Å². The molecule has 0 unspecified atom stereocenters. The first kappa shape index (κ1) is 26.0. The molecule has 2 amide bonds. The summed E-state index contributed by atoms with van der Waals surface area (Å²) in [6, 6.07) is 23.9. The van der Waals surface area contributed by atoms with Crippen molar-refractivity contribution in [2.45, 2.75) is 20.3 Å². The van der Waals surface area contributed by atoms with E-state index in [9.17, 15) is 9.59 Å². The van der Waals surface area contributed by atoms with E-state index in [0.29, 0.717) is 29.4 Å². The molecule has 0 bridgehead atoms. The highest BCUT2D eigenvalue weighted by Gasteiger charge is 2.23. The molecule has 0 saturated carbocycles. The summed E-state index contributed by atoms with van der Waals surface area (Å²) in [6.07, 6.45) is 0.713. The normalized spacial score (nSPS) is 10.7. The number of nitrogens with zero attached hydrogens (tertiary/aromatic N) is 3. The van der Waals surface area contributed by atoms with Crippen LogP contribution in [0.15, 0.2) is 78.9 Å². The molecule has 37 heavy (non-hydrogen) atoms. The van der Waals surface area contributed by atoms with Crippen LogP contribution in [0, 0.1) is 6.92 Å². The van der Waals surface area contributed by atoms with Crippen LogP contribution in [-0.2, 0) is 4.79 Å². The first-order valence-electron chi connectivity index (χ1n) is 12.1. The number of carbonyl (C=O) groups is 2. The Balaban J connectivity index is 1.67. The fourth-order valence-electron chi connectivity index (χ4n) is 4.15. The van der Waals surface area contributed by atoms with Crippen LogP contribution in [0.4, 0.5) is 5.82 Å². The van der Waals surface area contributed by atoms with Gasteiger partial charge in [-0.2, -0.15) is 5.10 Å². The zero-order valence-electron chi connectivity index (χ0n) is 21.1. The SMILES string of the molecule is CCCN(CC(=O)Nc1c(-c2ccccc2)c(C)nn1-c1ccc(OC)cc1)C(=O)c1ccc(Cl)cc1. The lowest BCUT2D eigenvalue weighted by atomic mass is 10.1. The van der Waals surface area contributed by atoms with Crippen LogP contribution in [-0.4, -0.2) is 46.7 Å². The van der Waals surface area contributed by atoms with Crippen LogP contribution in [0.5, 0.6) is 5.75 Å².